The highest BCUT2D eigenvalue weighted by molar-refractivity contribution is 5.94. The van der Waals surface area contributed by atoms with Gasteiger partial charge < -0.3 is 9.84 Å². The van der Waals surface area contributed by atoms with Crippen molar-refractivity contribution in [2.24, 2.45) is 0 Å². The maximum absolute atomic E-state index is 13.3. The van der Waals surface area contributed by atoms with Gasteiger partial charge in [-0.05, 0) is 45.0 Å². The number of benzene rings is 2. The number of hydrogen-bond acceptors (Lipinski definition) is 7. The zero-order valence-corrected chi connectivity index (χ0v) is 25.7. The summed E-state index contributed by atoms with van der Waals surface area (Å²) in [6, 6.07) is 13.0. The maximum Gasteiger partial charge on any atom is 0.417 e. The standard InChI is InChI=1S/C18H17F3N4O2.C14H8F3N3O2/c1-17(2,3)27-16(26)24-14-10-22-25-9-8-13(23-15(14)25)11-6-4-5-7-12(11)18(19,20)21;15-14(16,17)10-4-2-1-3-8(10)11-5-6-20-12(19-11)9(7-18-20)13(21)22/h4-10H,1-3H3,(H,24,26);1-7H,(H,21,22). The first-order valence-corrected chi connectivity index (χ1v) is 14.2. The minimum absolute atomic E-state index is 0.0121. The van der Waals surface area contributed by atoms with E-state index in [0.29, 0.717) is 0 Å². The number of nitrogens with zero attached hydrogens (tertiary/aromatic N) is 6. The molecule has 4 aromatic heterocycles. The second-order valence-corrected chi connectivity index (χ2v) is 11.3. The van der Waals surface area contributed by atoms with Crippen LogP contribution in [-0.2, 0) is 17.1 Å². The van der Waals surface area contributed by atoms with E-state index in [-0.39, 0.29) is 45.1 Å². The molecule has 0 radical (unpaired) electrons. The molecule has 254 valence electrons. The Hall–Kier alpha value is -6.00. The molecule has 2 N–H and O–H groups in total. The Morgan fingerprint density at radius 2 is 1.18 bits per heavy atom. The summed E-state index contributed by atoms with van der Waals surface area (Å²) in [6.45, 7) is 5.15. The zero-order valence-electron chi connectivity index (χ0n) is 25.7. The Balaban J connectivity index is 0.000000195. The minimum atomic E-state index is -4.53. The van der Waals surface area contributed by atoms with Gasteiger partial charge in [0.25, 0.3) is 0 Å². The molecule has 0 bridgehead atoms. The fourth-order valence-electron chi connectivity index (χ4n) is 4.60. The molecule has 0 aliphatic heterocycles. The molecule has 6 aromatic rings. The van der Waals surface area contributed by atoms with Crippen molar-refractivity contribution in [3.05, 3.63) is 102 Å². The number of nitrogens with one attached hydrogen (secondary N) is 1. The van der Waals surface area contributed by atoms with Crippen LogP contribution in [0.1, 0.15) is 42.3 Å². The number of amides is 1. The predicted octanol–water partition coefficient (Wildman–Crippen LogP) is 7.88. The number of carbonyl (C=O) groups excluding carboxylic acids is 1. The molecule has 2 aromatic carbocycles. The van der Waals surface area contributed by atoms with Gasteiger partial charge in [0.05, 0.1) is 34.9 Å². The fourth-order valence-corrected chi connectivity index (χ4v) is 4.60. The Morgan fingerprint density at radius 3 is 1.67 bits per heavy atom. The summed E-state index contributed by atoms with van der Waals surface area (Å²) < 4.78 is 86.7. The molecule has 11 nitrogen and oxygen atoms in total. The number of fused-ring (bicyclic) bond motifs is 2. The molecule has 0 atom stereocenters. The van der Waals surface area contributed by atoms with Crippen molar-refractivity contribution >= 4 is 29.0 Å². The number of carbonyl (C=O) groups is 2. The van der Waals surface area contributed by atoms with Crippen molar-refractivity contribution in [1.82, 2.24) is 29.2 Å². The normalized spacial score (nSPS) is 12.0. The Kier molecular flexibility index (Phi) is 9.04. The lowest BCUT2D eigenvalue weighted by molar-refractivity contribution is -0.137. The number of hydrogen-bond donors (Lipinski definition) is 2. The number of aromatic nitrogens is 6. The second-order valence-electron chi connectivity index (χ2n) is 11.3. The lowest BCUT2D eigenvalue weighted by Gasteiger charge is -2.19. The largest absolute Gasteiger partial charge is 0.477 e. The van der Waals surface area contributed by atoms with Gasteiger partial charge in [0.15, 0.2) is 11.3 Å². The topological polar surface area (TPSA) is 136 Å². The van der Waals surface area contributed by atoms with Crippen molar-refractivity contribution in [3.63, 3.8) is 0 Å². The van der Waals surface area contributed by atoms with Gasteiger partial charge in [-0.3, -0.25) is 5.32 Å². The van der Waals surface area contributed by atoms with Crippen LogP contribution in [0.3, 0.4) is 0 Å². The van der Waals surface area contributed by atoms with Gasteiger partial charge in [-0.1, -0.05) is 36.4 Å². The third-order valence-corrected chi connectivity index (χ3v) is 6.62. The van der Waals surface area contributed by atoms with E-state index in [1.54, 1.807) is 20.8 Å². The SMILES string of the molecule is CC(C)(C)OC(=O)Nc1cnn2ccc(-c3ccccc3C(F)(F)F)nc12.O=C(O)c1cnn2ccc(-c3ccccc3C(F)(F)F)nc12. The number of carboxylic acids is 1. The highest BCUT2D eigenvalue weighted by atomic mass is 19.4. The number of halogens is 6. The van der Waals surface area contributed by atoms with Gasteiger partial charge in [0, 0.05) is 23.5 Å². The van der Waals surface area contributed by atoms with Gasteiger partial charge in [0.2, 0.25) is 0 Å². The van der Waals surface area contributed by atoms with E-state index in [9.17, 15) is 35.9 Å². The molecule has 0 spiro atoms. The molecule has 0 aliphatic carbocycles. The number of anilines is 1. The number of rotatable bonds is 4. The minimum Gasteiger partial charge on any atom is -0.477 e. The smallest absolute Gasteiger partial charge is 0.417 e. The molecule has 6 rings (SSSR count). The first-order chi connectivity index (χ1) is 22.9. The average Bonchev–Trinajstić information content (AvgIpc) is 3.63. The van der Waals surface area contributed by atoms with Crippen LogP contribution in [0.2, 0.25) is 0 Å². The predicted molar refractivity (Wildman–Crippen MR) is 164 cm³/mol. The third-order valence-electron chi connectivity index (χ3n) is 6.62. The fraction of sp³-hybridized carbons (Fsp3) is 0.188. The van der Waals surface area contributed by atoms with Crippen LogP contribution in [0.15, 0.2) is 85.5 Å². The summed E-state index contributed by atoms with van der Waals surface area (Å²) >= 11 is 0. The molecule has 0 fully saturated rings. The molecule has 49 heavy (non-hydrogen) atoms. The first-order valence-electron chi connectivity index (χ1n) is 14.2. The lowest BCUT2D eigenvalue weighted by Crippen LogP contribution is -2.27. The van der Waals surface area contributed by atoms with Gasteiger partial charge in [0.1, 0.15) is 16.9 Å². The third kappa shape index (κ3) is 7.77. The lowest BCUT2D eigenvalue weighted by atomic mass is 10.0. The van der Waals surface area contributed by atoms with Gasteiger partial charge >= 0.3 is 24.4 Å². The summed E-state index contributed by atoms with van der Waals surface area (Å²) in [7, 11) is 0. The van der Waals surface area contributed by atoms with E-state index in [2.05, 4.69) is 25.5 Å². The second kappa shape index (κ2) is 12.9. The highest BCUT2D eigenvalue weighted by Crippen LogP contribution is 2.37. The molecule has 0 saturated carbocycles. The quantitative estimate of drug-likeness (QED) is 0.179. The van der Waals surface area contributed by atoms with Crippen LogP contribution < -0.4 is 5.32 Å². The van der Waals surface area contributed by atoms with E-state index in [4.69, 9.17) is 9.84 Å². The van der Waals surface area contributed by atoms with E-state index in [1.165, 1.54) is 76.2 Å². The van der Waals surface area contributed by atoms with Crippen molar-refractivity contribution in [3.8, 4) is 22.5 Å². The molecule has 17 heteroatoms. The van der Waals surface area contributed by atoms with Crippen LogP contribution in [0, 0.1) is 0 Å². The van der Waals surface area contributed by atoms with E-state index in [0.717, 1.165) is 18.3 Å². The number of ether oxygens (including phenoxy) is 1. The van der Waals surface area contributed by atoms with Crippen LogP contribution in [0.4, 0.5) is 36.8 Å². The molecule has 1 amide bonds. The number of alkyl halides is 6. The van der Waals surface area contributed by atoms with Crippen molar-refractivity contribution in [1.29, 1.82) is 0 Å². The first kappa shape index (κ1) is 34.3. The zero-order chi connectivity index (χ0) is 35.7. The van der Waals surface area contributed by atoms with E-state index in [1.807, 2.05) is 0 Å². The Bertz CT molecular complexity index is 2170. The summed E-state index contributed by atoms with van der Waals surface area (Å²) in [5.74, 6) is -1.25. The number of aromatic carboxylic acids is 1. The van der Waals surface area contributed by atoms with Crippen molar-refractivity contribution < 1.29 is 45.8 Å². The number of carboxylic acid groups (broad SMARTS) is 1. The molecule has 0 saturated heterocycles. The van der Waals surface area contributed by atoms with Crippen molar-refractivity contribution in [2.45, 2.75) is 38.7 Å². The van der Waals surface area contributed by atoms with Crippen molar-refractivity contribution in [2.75, 3.05) is 5.32 Å². The summed E-state index contributed by atoms with van der Waals surface area (Å²) in [6.07, 6.45) is -4.44. The van der Waals surface area contributed by atoms with Crippen LogP contribution >= 0.6 is 0 Å². The summed E-state index contributed by atoms with van der Waals surface area (Å²) in [5.41, 5.74) is -2.10. The average molecular weight is 686 g/mol. The van der Waals surface area contributed by atoms with Gasteiger partial charge in [-0.25, -0.2) is 28.6 Å². The molecular weight excluding hydrogens is 660 g/mol. The van der Waals surface area contributed by atoms with Crippen LogP contribution in [0.25, 0.3) is 33.8 Å². The Morgan fingerprint density at radius 1 is 0.714 bits per heavy atom. The molecular formula is C32H25F6N7O4. The Labute approximate surface area is 272 Å². The molecule has 0 unspecified atom stereocenters. The van der Waals surface area contributed by atoms with E-state index < -0.39 is 41.1 Å². The van der Waals surface area contributed by atoms with Crippen LogP contribution in [0.5, 0.6) is 0 Å². The monoisotopic (exact) mass is 685 g/mol. The van der Waals surface area contributed by atoms with Gasteiger partial charge in [-0.15, -0.1) is 0 Å². The van der Waals surface area contributed by atoms with Crippen LogP contribution in [-0.4, -0.2) is 52.0 Å². The van der Waals surface area contributed by atoms with Gasteiger partial charge in [-0.2, -0.15) is 36.5 Å². The van der Waals surface area contributed by atoms with E-state index >= 15 is 0 Å². The molecule has 4 heterocycles. The highest BCUT2D eigenvalue weighted by Gasteiger charge is 2.35. The maximum atomic E-state index is 13.3. The molecule has 0 aliphatic rings. The summed E-state index contributed by atoms with van der Waals surface area (Å²) in [4.78, 5) is 31.3. The summed E-state index contributed by atoms with van der Waals surface area (Å²) in [5, 5.41) is 19.4.